The number of thiophene rings is 1. The smallest absolute Gasteiger partial charge is 0.416 e. The van der Waals surface area contributed by atoms with Crippen molar-refractivity contribution >= 4 is 85.7 Å². The van der Waals surface area contributed by atoms with Crippen molar-refractivity contribution in [3.63, 3.8) is 0 Å². The fraction of sp³-hybridized carbons (Fsp3) is 0.231. The molecule has 3 heterocycles. The van der Waals surface area contributed by atoms with Crippen molar-refractivity contribution in [1.29, 1.82) is 0 Å². The molecule has 1 aliphatic rings. The van der Waals surface area contributed by atoms with Gasteiger partial charge in [-0.1, -0.05) is 24.0 Å². The third-order valence-corrected chi connectivity index (χ3v) is 8.71. The normalized spacial score (nSPS) is 14.8. The third kappa shape index (κ3) is 7.91. The molecule has 0 aliphatic carbocycles. The molecule has 2 aromatic heterocycles. The molecule has 1 fully saturated rings. The van der Waals surface area contributed by atoms with Gasteiger partial charge in [0, 0.05) is 23.2 Å². The first-order chi connectivity index (χ1) is 20.6. The molecular weight excluding hydrogens is 677 g/mol. The number of thiazole rings is 1. The molecule has 0 atom stereocenters. The number of ketones is 1. The molecule has 8 nitrogen and oxygen atoms in total. The lowest BCUT2D eigenvalue weighted by Crippen LogP contribution is -2.31. The summed E-state index contributed by atoms with van der Waals surface area (Å²) in [7, 11) is 0. The average molecular weight is 694 g/mol. The van der Waals surface area contributed by atoms with Crippen molar-refractivity contribution in [3.05, 3.63) is 61.6 Å². The number of aromatic nitrogens is 1. The fourth-order valence-electron chi connectivity index (χ4n) is 3.66. The van der Waals surface area contributed by atoms with Crippen LogP contribution in [0.15, 0.2) is 39.9 Å². The molecule has 2 amide bonds. The molecule has 0 radical (unpaired) electrons. The number of carbonyl (C=O) groups is 4. The number of thioether (sulfide) groups is 1. The Bertz CT molecular complexity index is 1650. The molecule has 44 heavy (non-hydrogen) atoms. The Hall–Kier alpha value is -3.61. The first kappa shape index (κ1) is 33.3. The van der Waals surface area contributed by atoms with E-state index in [1.807, 2.05) is 0 Å². The molecule has 0 bridgehead atoms. The quantitative estimate of drug-likeness (QED) is 0.0646. The van der Waals surface area contributed by atoms with E-state index in [2.05, 4.69) is 15.0 Å². The topological polar surface area (TPSA) is 106 Å². The van der Waals surface area contributed by atoms with E-state index in [-0.39, 0.29) is 56.8 Å². The number of nitrogens with zero attached hydrogens (tertiary/aromatic N) is 2. The van der Waals surface area contributed by atoms with E-state index in [1.54, 1.807) is 0 Å². The molecule has 4 rings (SSSR count). The van der Waals surface area contributed by atoms with Crippen molar-refractivity contribution in [2.45, 2.75) is 25.7 Å². The zero-order chi connectivity index (χ0) is 32.4. The number of ether oxygens (including phenoxy) is 1. The number of esters is 1. The number of rotatable bonds is 9. The van der Waals surface area contributed by atoms with Gasteiger partial charge >= 0.3 is 18.3 Å². The Balaban J connectivity index is 1.41. The minimum atomic E-state index is -4.99. The number of benzene rings is 1. The van der Waals surface area contributed by atoms with Gasteiger partial charge in [0.1, 0.15) is 10.0 Å². The number of amides is 2. The number of anilines is 1. The van der Waals surface area contributed by atoms with Gasteiger partial charge in [-0.3, -0.25) is 19.3 Å². The van der Waals surface area contributed by atoms with Crippen LogP contribution < -0.4 is 5.32 Å². The number of Topliss-reactive ketones (excluding diaryl/α,β-unsaturated/α-hetero) is 1. The van der Waals surface area contributed by atoms with Crippen LogP contribution in [0, 0.1) is 0 Å². The number of hydrogen-bond acceptors (Lipinski definition) is 10. The molecule has 232 valence electrons. The predicted octanol–water partition coefficient (Wildman–Crippen LogP) is 6.89. The second kappa shape index (κ2) is 13.2. The molecule has 1 N–H and O–H groups in total. The Kier molecular flexibility index (Phi) is 9.96. The standard InChI is InChI=1S/C26H17F6N3O5S4/c1-2-40-22(39)20(37)17-11-43-23(33-17)34-19(36)3-4-35-21(38)18(44-24(35)41)9-16-7-13(10-42-16)12-5-14(25(27,28)29)8-15(6-12)26(30,31)32/h5-11H,2-4H2,1H3,(H,33,34,36). The van der Waals surface area contributed by atoms with Gasteiger partial charge in [-0.05, 0) is 53.8 Å². The van der Waals surface area contributed by atoms with E-state index in [0.717, 1.165) is 34.4 Å². The van der Waals surface area contributed by atoms with Gasteiger partial charge < -0.3 is 10.1 Å². The van der Waals surface area contributed by atoms with Gasteiger partial charge in [-0.25, -0.2) is 9.78 Å². The van der Waals surface area contributed by atoms with Crippen LogP contribution in [-0.2, 0) is 31.5 Å². The Labute approximate surface area is 262 Å². The molecule has 1 aliphatic heterocycles. The summed E-state index contributed by atoms with van der Waals surface area (Å²) in [5.41, 5.74) is -3.28. The number of thiocarbonyl (C=S) groups is 1. The highest BCUT2D eigenvalue weighted by molar-refractivity contribution is 8.26. The molecule has 0 spiro atoms. The van der Waals surface area contributed by atoms with Crippen LogP contribution in [0.25, 0.3) is 17.2 Å². The van der Waals surface area contributed by atoms with E-state index >= 15 is 0 Å². The summed E-state index contributed by atoms with van der Waals surface area (Å²) in [4.78, 5) is 54.5. The van der Waals surface area contributed by atoms with Crippen LogP contribution in [0.2, 0.25) is 0 Å². The van der Waals surface area contributed by atoms with Crippen molar-refractivity contribution in [3.8, 4) is 11.1 Å². The van der Waals surface area contributed by atoms with Crippen LogP contribution in [0.1, 0.15) is 39.8 Å². The lowest BCUT2D eigenvalue weighted by Gasteiger charge is -2.13. The highest BCUT2D eigenvalue weighted by Gasteiger charge is 2.37. The second-order valence-electron chi connectivity index (χ2n) is 8.75. The number of hydrogen-bond donors (Lipinski definition) is 1. The highest BCUT2D eigenvalue weighted by Crippen LogP contribution is 2.40. The molecule has 0 saturated carbocycles. The Morgan fingerprint density at radius 1 is 1.00 bits per heavy atom. The minimum Gasteiger partial charge on any atom is -0.460 e. The van der Waals surface area contributed by atoms with Gasteiger partial charge in [0.2, 0.25) is 5.91 Å². The van der Waals surface area contributed by atoms with Crippen LogP contribution in [0.5, 0.6) is 0 Å². The molecule has 1 saturated heterocycles. The van der Waals surface area contributed by atoms with E-state index in [9.17, 15) is 45.5 Å². The first-order valence-electron chi connectivity index (χ1n) is 12.2. The minimum absolute atomic E-state index is 0.00484. The average Bonchev–Trinajstić information content (AvgIpc) is 3.66. The summed E-state index contributed by atoms with van der Waals surface area (Å²) in [5.74, 6) is -3.15. The number of alkyl halides is 6. The Morgan fingerprint density at radius 2 is 1.66 bits per heavy atom. The van der Waals surface area contributed by atoms with Crippen LogP contribution >= 0.6 is 46.7 Å². The third-order valence-electron chi connectivity index (χ3n) is 5.69. The zero-order valence-electron chi connectivity index (χ0n) is 22.0. The monoisotopic (exact) mass is 693 g/mol. The maximum atomic E-state index is 13.3. The second-order valence-corrected chi connectivity index (χ2v) is 12.2. The van der Waals surface area contributed by atoms with Crippen molar-refractivity contribution in [2.75, 3.05) is 18.5 Å². The van der Waals surface area contributed by atoms with Crippen molar-refractivity contribution in [2.24, 2.45) is 0 Å². The van der Waals surface area contributed by atoms with E-state index in [1.165, 1.54) is 34.7 Å². The van der Waals surface area contributed by atoms with Gasteiger partial charge in [-0.15, -0.1) is 22.7 Å². The van der Waals surface area contributed by atoms with Gasteiger partial charge in [-0.2, -0.15) is 26.3 Å². The lowest BCUT2D eigenvalue weighted by atomic mass is 10.0. The van der Waals surface area contributed by atoms with Crippen molar-refractivity contribution in [1.82, 2.24) is 9.88 Å². The summed E-state index contributed by atoms with van der Waals surface area (Å²) in [5, 5.41) is 5.16. The van der Waals surface area contributed by atoms with E-state index < -0.39 is 47.0 Å². The van der Waals surface area contributed by atoms with E-state index in [4.69, 9.17) is 12.2 Å². The number of halogens is 6. The summed E-state index contributed by atoms with van der Waals surface area (Å²) < 4.78 is 84.3. The lowest BCUT2D eigenvalue weighted by molar-refractivity contribution is -0.143. The predicted molar refractivity (Wildman–Crippen MR) is 156 cm³/mol. The zero-order valence-corrected chi connectivity index (χ0v) is 25.3. The molecular formula is C26H17F6N3O5S4. The van der Waals surface area contributed by atoms with Gasteiger partial charge in [0.15, 0.2) is 5.13 Å². The van der Waals surface area contributed by atoms with Crippen LogP contribution in [0.3, 0.4) is 0 Å². The Morgan fingerprint density at radius 3 is 2.27 bits per heavy atom. The van der Waals surface area contributed by atoms with Gasteiger partial charge in [0.25, 0.3) is 11.7 Å². The van der Waals surface area contributed by atoms with Crippen LogP contribution in [-0.4, -0.2) is 50.9 Å². The maximum absolute atomic E-state index is 13.3. The molecule has 18 heteroatoms. The van der Waals surface area contributed by atoms with E-state index in [0.29, 0.717) is 17.0 Å². The summed E-state index contributed by atoms with van der Waals surface area (Å²) in [6.07, 6.45) is -8.79. The number of nitrogens with one attached hydrogen (secondary N) is 1. The SMILES string of the molecule is CCOC(=O)C(=O)c1csc(NC(=O)CCN2C(=O)C(=Cc3cc(-c4cc(C(F)(F)F)cc(C(F)(F)F)c4)cs3)SC2=S)n1. The fourth-order valence-corrected chi connectivity index (χ4v) is 6.58. The van der Waals surface area contributed by atoms with Crippen LogP contribution in [0.4, 0.5) is 31.5 Å². The number of carbonyl (C=O) groups excluding carboxylic acids is 4. The van der Waals surface area contributed by atoms with Gasteiger partial charge in [0.05, 0.1) is 22.6 Å². The molecule has 3 aromatic rings. The summed E-state index contributed by atoms with van der Waals surface area (Å²) in [6.45, 7) is 1.42. The highest BCUT2D eigenvalue weighted by atomic mass is 32.2. The largest absolute Gasteiger partial charge is 0.460 e. The summed E-state index contributed by atoms with van der Waals surface area (Å²) >= 11 is 8.07. The maximum Gasteiger partial charge on any atom is 0.416 e. The van der Waals surface area contributed by atoms with Crippen molar-refractivity contribution < 1.29 is 50.3 Å². The first-order valence-corrected chi connectivity index (χ1v) is 15.2. The molecule has 1 aromatic carbocycles. The summed E-state index contributed by atoms with van der Waals surface area (Å²) in [6, 6.07) is 2.64. The molecule has 0 unspecified atom stereocenters.